The molecule has 1 aliphatic carbocycles. The Morgan fingerprint density at radius 1 is 1.37 bits per heavy atom. The van der Waals surface area contributed by atoms with Crippen molar-refractivity contribution in [1.29, 1.82) is 0 Å². The van der Waals surface area contributed by atoms with Crippen LogP contribution in [0.2, 0.25) is 0 Å². The fraction of sp³-hybridized carbons (Fsp3) is 0.846. The van der Waals surface area contributed by atoms with Gasteiger partial charge in [-0.15, -0.1) is 0 Å². The SMILES string of the molecule is CCC(CC(=O)O)NC(=O)N1CC2CCC(O)C2C1. The Hall–Kier alpha value is -1.30. The number of fused-ring (bicyclic) bond motifs is 1. The number of aliphatic carboxylic acids is 1. The highest BCUT2D eigenvalue weighted by Gasteiger charge is 2.43. The predicted molar refractivity (Wildman–Crippen MR) is 68.7 cm³/mol. The second-order valence-corrected chi connectivity index (χ2v) is 5.63. The lowest BCUT2D eigenvalue weighted by molar-refractivity contribution is -0.137. The number of carbonyl (C=O) groups is 2. The van der Waals surface area contributed by atoms with Crippen LogP contribution in [0, 0.1) is 11.8 Å². The molecular weight excluding hydrogens is 248 g/mol. The van der Waals surface area contributed by atoms with Crippen molar-refractivity contribution in [2.24, 2.45) is 11.8 Å². The standard InChI is InChI=1S/C13H22N2O4/c1-2-9(5-12(17)18)14-13(19)15-6-8-3-4-11(16)10(8)7-15/h8-11,16H,2-7H2,1H3,(H,14,19)(H,17,18). The van der Waals surface area contributed by atoms with Crippen molar-refractivity contribution in [3.63, 3.8) is 0 Å². The molecule has 1 aliphatic heterocycles. The largest absolute Gasteiger partial charge is 0.481 e. The fourth-order valence-corrected chi connectivity index (χ4v) is 3.18. The van der Waals surface area contributed by atoms with Crippen LogP contribution in [0.5, 0.6) is 0 Å². The topological polar surface area (TPSA) is 89.9 Å². The first-order chi connectivity index (χ1) is 9.01. The molecule has 4 atom stereocenters. The number of nitrogens with zero attached hydrogens (tertiary/aromatic N) is 1. The van der Waals surface area contributed by atoms with Crippen LogP contribution in [0.3, 0.4) is 0 Å². The van der Waals surface area contributed by atoms with Gasteiger partial charge in [0.25, 0.3) is 0 Å². The van der Waals surface area contributed by atoms with E-state index in [1.54, 1.807) is 4.90 Å². The number of hydrogen-bond acceptors (Lipinski definition) is 3. The Labute approximate surface area is 112 Å². The van der Waals surface area contributed by atoms with E-state index >= 15 is 0 Å². The Balaban J connectivity index is 1.85. The Bertz CT molecular complexity index is 361. The van der Waals surface area contributed by atoms with Crippen molar-refractivity contribution >= 4 is 12.0 Å². The predicted octanol–water partition coefficient (Wildman–Crippen LogP) is 0.652. The second-order valence-electron chi connectivity index (χ2n) is 5.63. The summed E-state index contributed by atoms with van der Waals surface area (Å²) in [5, 5.41) is 21.3. The Morgan fingerprint density at radius 3 is 2.68 bits per heavy atom. The van der Waals surface area contributed by atoms with E-state index < -0.39 is 5.97 Å². The zero-order chi connectivity index (χ0) is 14.0. The molecule has 3 N–H and O–H groups in total. The van der Waals surface area contributed by atoms with E-state index in [1.807, 2.05) is 6.92 Å². The minimum Gasteiger partial charge on any atom is -0.481 e. The second kappa shape index (κ2) is 5.77. The quantitative estimate of drug-likeness (QED) is 0.699. The molecular formula is C13H22N2O4. The molecule has 1 saturated carbocycles. The monoisotopic (exact) mass is 270 g/mol. The highest BCUT2D eigenvalue weighted by molar-refractivity contribution is 5.76. The van der Waals surface area contributed by atoms with Gasteiger partial charge in [-0.25, -0.2) is 4.79 Å². The summed E-state index contributed by atoms with van der Waals surface area (Å²) in [5.74, 6) is -0.300. The lowest BCUT2D eigenvalue weighted by Gasteiger charge is -2.22. The highest BCUT2D eigenvalue weighted by atomic mass is 16.4. The molecule has 0 aromatic heterocycles. The lowest BCUT2D eigenvalue weighted by atomic mass is 10.00. The molecule has 2 aliphatic rings. The van der Waals surface area contributed by atoms with Gasteiger partial charge < -0.3 is 20.4 Å². The molecule has 0 spiro atoms. The van der Waals surface area contributed by atoms with Crippen molar-refractivity contribution in [2.75, 3.05) is 13.1 Å². The van der Waals surface area contributed by atoms with Crippen molar-refractivity contribution in [3.05, 3.63) is 0 Å². The summed E-state index contributed by atoms with van der Waals surface area (Å²) in [5.41, 5.74) is 0. The molecule has 2 fully saturated rings. The number of amides is 2. The molecule has 108 valence electrons. The molecule has 2 amide bonds. The van der Waals surface area contributed by atoms with E-state index in [9.17, 15) is 14.7 Å². The molecule has 1 saturated heterocycles. The summed E-state index contributed by atoms with van der Waals surface area (Å²) >= 11 is 0. The normalized spacial score (nSPS) is 31.1. The van der Waals surface area contributed by atoms with Gasteiger partial charge in [-0.05, 0) is 25.2 Å². The molecule has 0 aromatic rings. The van der Waals surface area contributed by atoms with E-state index in [1.165, 1.54) is 0 Å². The number of carboxylic acid groups (broad SMARTS) is 1. The van der Waals surface area contributed by atoms with Crippen LogP contribution in [-0.2, 0) is 4.79 Å². The van der Waals surface area contributed by atoms with Crippen LogP contribution < -0.4 is 5.32 Å². The molecule has 6 heteroatoms. The maximum absolute atomic E-state index is 12.1. The summed E-state index contributed by atoms with van der Waals surface area (Å²) in [6.45, 7) is 3.12. The fourth-order valence-electron chi connectivity index (χ4n) is 3.18. The van der Waals surface area contributed by atoms with E-state index in [4.69, 9.17) is 5.11 Å². The van der Waals surface area contributed by atoms with Gasteiger partial charge in [0, 0.05) is 25.0 Å². The van der Waals surface area contributed by atoms with Crippen LogP contribution in [0.15, 0.2) is 0 Å². The number of carbonyl (C=O) groups excluding carboxylic acids is 1. The molecule has 4 unspecified atom stereocenters. The molecule has 1 heterocycles. The minimum atomic E-state index is -0.902. The first-order valence-electron chi connectivity index (χ1n) is 6.96. The lowest BCUT2D eigenvalue weighted by Crippen LogP contribution is -2.45. The third-order valence-electron chi connectivity index (χ3n) is 4.35. The number of likely N-dealkylation sites (tertiary alicyclic amines) is 1. The van der Waals surface area contributed by atoms with Crippen LogP contribution in [0.4, 0.5) is 4.79 Å². The van der Waals surface area contributed by atoms with Gasteiger partial charge in [-0.3, -0.25) is 4.79 Å². The number of hydrogen-bond donors (Lipinski definition) is 3. The summed E-state index contributed by atoms with van der Waals surface area (Å²) in [7, 11) is 0. The summed E-state index contributed by atoms with van der Waals surface area (Å²) in [6.07, 6.45) is 2.07. The third-order valence-corrected chi connectivity index (χ3v) is 4.35. The van der Waals surface area contributed by atoms with Crippen molar-refractivity contribution in [3.8, 4) is 0 Å². The van der Waals surface area contributed by atoms with E-state index in [0.717, 1.165) is 12.8 Å². The summed E-state index contributed by atoms with van der Waals surface area (Å²) < 4.78 is 0. The molecule has 6 nitrogen and oxygen atoms in total. The zero-order valence-corrected chi connectivity index (χ0v) is 11.2. The van der Waals surface area contributed by atoms with E-state index in [0.29, 0.717) is 25.4 Å². The number of rotatable bonds is 4. The van der Waals surface area contributed by atoms with Crippen molar-refractivity contribution in [1.82, 2.24) is 10.2 Å². The average Bonchev–Trinajstić information content (AvgIpc) is 2.90. The zero-order valence-electron chi connectivity index (χ0n) is 11.2. The maximum atomic E-state index is 12.1. The van der Waals surface area contributed by atoms with E-state index in [2.05, 4.69) is 5.32 Å². The van der Waals surface area contributed by atoms with Gasteiger partial charge >= 0.3 is 12.0 Å². The Morgan fingerprint density at radius 2 is 2.11 bits per heavy atom. The molecule has 19 heavy (non-hydrogen) atoms. The van der Waals surface area contributed by atoms with Crippen molar-refractivity contribution in [2.45, 2.75) is 44.8 Å². The first-order valence-corrected chi connectivity index (χ1v) is 6.96. The van der Waals surface area contributed by atoms with Crippen LogP contribution >= 0.6 is 0 Å². The summed E-state index contributed by atoms with van der Waals surface area (Å²) in [6, 6.07) is -0.523. The summed E-state index contributed by atoms with van der Waals surface area (Å²) in [4.78, 5) is 24.5. The first kappa shape index (κ1) is 14.1. The highest BCUT2D eigenvalue weighted by Crippen LogP contribution is 2.37. The number of aliphatic hydroxyl groups is 1. The van der Waals surface area contributed by atoms with Crippen LogP contribution in [-0.4, -0.2) is 52.3 Å². The molecule has 0 radical (unpaired) electrons. The maximum Gasteiger partial charge on any atom is 0.317 e. The van der Waals surface area contributed by atoms with Gasteiger partial charge in [0.2, 0.25) is 0 Å². The van der Waals surface area contributed by atoms with Crippen molar-refractivity contribution < 1.29 is 19.8 Å². The molecule has 2 rings (SSSR count). The molecule has 0 bridgehead atoms. The number of urea groups is 1. The van der Waals surface area contributed by atoms with Gasteiger partial charge in [0.15, 0.2) is 0 Å². The van der Waals surface area contributed by atoms with Crippen LogP contribution in [0.1, 0.15) is 32.6 Å². The smallest absolute Gasteiger partial charge is 0.317 e. The molecule has 0 aromatic carbocycles. The van der Waals surface area contributed by atoms with Gasteiger partial charge in [0.1, 0.15) is 0 Å². The Kier molecular flexibility index (Phi) is 4.29. The van der Waals surface area contributed by atoms with Crippen LogP contribution in [0.25, 0.3) is 0 Å². The van der Waals surface area contributed by atoms with Gasteiger partial charge in [-0.1, -0.05) is 6.92 Å². The third kappa shape index (κ3) is 3.18. The minimum absolute atomic E-state index is 0.0500. The van der Waals surface area contributed by atoms with Gasteiger partial charge in [0.05, 0.1) is 12.5 Å². The number of aliphatic hydroxyl groups excluding tert-OH is 1. The average molecular weight is 270 g/mol. The number of nitrogens with one attached hydrogen (secondary N) is 1. The number of carboxylic acids is 1. The van der Waals surface area contributed by atoms with Gasteiger partial charge in [-0.2, -0.15) is 0 Å². The van der Waals surface area contributed by atoms with E-state index in [-0.39, 0.29) is 30.5 Å².